The Morgan fingerprint density at radius 2 is 1.09 bits per heavy atom. The van der Waals surface area contributed by atoms with Crippen LogP contribution in [0.25, 0.3) is 0 Å². The summed E-state index contributed by atoms with van der Waals surface area (Å²) in [7, 11) is -4.30. The number of nitro groups is 2. The minimum absolute atomic E-state index is 0.164. The summed E-state index contributed by atoms with van der Waals surface area (Å²) in [6, 6.07) is 4.64. The molecule has 0 spiro atoms. The van der Waals surface area contributed by atoms with Gasteiger partial charge in [0.25, 0.3) is 23.2 Å². The second-order valence-corrected chi connectivity index (χ2v) is 23.8. The van der Waals surface area contributed by atoms with Crippen molar-refractivity contribution in [3.05, 3.63) is 55.6 Å². The lowest BCUT2D eigenvalue weighted by molar-refractivity contribution is -0.385. The van der Waals surface area contributed by atoms with Gasteiger partial charge in [0.2, 0.25) is 0 Å². The number of sulfone groups is 2. The van der Waals surface area contributed by atoms with E-state index >= 15 is 0 Å². The number of likely N-dealkylation sites (N-methyl/N-ethyl adjacent to an activating group) is 1. The summed E-state index contributed by atoms with van der Waals surface area (Å²) in [4.78, 5) is 63.7. The van der Waals surface area contributed by atoms with Gasteiger partial charge in [-0.3, -0.25) is 34.7 Å². The SMILES string of the molecule is CN1CCN(CCCN(C)C(=O)c2cc(N(CCBr)CCBr)c(S(=O)(=O)CCN3CCN(CCCNC(=O)c4cc(N(CCBr)CCBr)c(S(C)(=O)=O)cc4[N+](=O)[O-])CC3)cc2[N+](=O)[O-])CC1. The summed E-state index contributed by atoms with van der Waals surface area (Å²) in [5.41, 5.74) is -1.14. The maximum absolute atomic E-state index is 14.2. The fourth-order valence-electron chi connectivity index (χ4n) is 8.03. The Balaban J connectivity index is 1.39. The Bertz CT molecular complexity index is 2240. The molecule has 4 rings (SSSR count). The topological polar surface area (TPSA) is 223 Å². The highest BCUT2D eigenvalue weighted by atomic mass is 79.9. The molecule has 2 saturated heterocycles. The van der Waals surface area contributed by atoms with E-state index in [1.807, 2.05) is 9.80 Å². The molecule has 0 radical (unpaired) electrons. The van der Waals surface area contributed by atoms with Gasteiger partial charge >= 0.3 is 0 Å². The highest BCUT2D eigenvalue weighted by molar-refractivity contribution is 9.09. The second-order valence-electron chi connectivity index (χ2n) is 16.5. The van der Waals surface area contributed by atoms with Crippen LogP contribution in [0.5, 0.6) is 0 Å². The van der Waals surface area contributed by atoms with Crippen LogP contribution >= 0.6 is 63.7 Å². The molecule has 0 unspecified atom stereocenters. The second kappa shape index (κ2) is 27.2. The lowest BCUT2D eigenvalue weighted by Crippen LogP contribution is -2.48. The number of nitro benzene ring substituents is 2. The van der Waals surface area contributed by atoms with Gasteiger partial charge in [-0.2, -0.15) is 0 Å². The molecule has 2 aliphatic rings. The predicted molar refractivity (Wildman–Crippen MR) is 276 cm³/mol. The maximum atomic E-state index is 14.2. The van der Waals surface area contributed by atoms with Crippen LogP contribution in [0.2, 0.25) is 0 Å². The van der Waals surface area contributed by atoms with Crippen LogP contribution in [0, 0.1) is 20.2 Å². The Hall–Kier alpha value is -2.56. The molecule has 376 valence electrons. The number of halogens is 4. The van der Waals surface area contributed by atoms with Crippen LogP contribution in [0.4, 0.5) is 22.7 Å². The van der Waals surface area contributed by atoms with Gasteiger partial charge in [-0.15, -0.1) is 0 Å². The highest BCUT2D eigenvalue weighted by Crippen LogP contribution is 2.36. The molecule has 0 bridgehead atoms. The van der Waals surface area contributed by atoms with Crippen molar-refractivity contribution in [2.24, 2.45) is 0 Å². The fourth-order valence-corrected chi connectivity index (χ4v) is 12.2. The molecule has 67 heavy (non-hydrogen) atoms. The molecule has 2 heterocycles. The van der Waals surface area contributed by atoms with Gasteiger partial charge in [0, 0.05) is 145 Å². The Labute approximate surface area is 427 Å². The summed E-state index contributed by atoms with van der Waals surface area (Å²) < 4.78 is 53.9. The van der Waals surface area contributed by atoms with Crippen molar-refractivity contribution in [3.63, 3.8) is 0 Å². The van der Waals surface area contributed by atoms with E-state index in [1.165, 1.54) is 17.0 Å². The quantitative estimate of drug-likeness (QED) is 0.0578. The van der Waals surface area contributed by atoms with Crippen molar-refractivity contribution in [3.8, 4) is 0 Å². The van der Waals surface area contributed by atoms with Crippen LogP contribution in [-0.2, 0) is 19.7 Å². The van der Waals surface area contributed by atoms with Crippen molar-refractivity contribution >= 4 is 118 Å². The lowest BCUT2D eigenvalue weighted by Gasteiger charge is -2.34. The van der Waals surface area contributed by atoms with Gasteiger partial charge in [-0.1, -0.05) is 63.7 Å². The van der Waals surface area contributed by atoms with Crippen molar-refractivity contribution in [1.29, 1.82) is 0 Å². The minimum atomic E-state index is -4.10. The molecule has 0 aromatic heterocycles. The van der Waals surface area contributed by atoms with Crippen LogP contribution in [0.1, 0.15) is 33.6 Å². The van der Waals surface area contributed by atoms with Gasteiger partial charge in [-0.25, -0.2) is 16.8 Å². The number of benzene rings is 2. The van der Waals surface area contributed by atoms with Crippen molar-refractivity contribution < 1.29 is 36.3 Å². The average molecular weight is 1240 g/mol. The number of piperazine rings is 2. The molecule has 2 aliphatic heterocycles. The first-order valence-electron chi connectivity index (χ1n) is 22.0. The van der Waals surface area contributed by atoms with Crippen LogP contribution in [0.3, 0.4) is 0 Å². The number of hydrogen-bond acceptors (Lipinski definition) is 16. The van der Waals surface area contributed by atoms with E-state index in [4.69, 9.17) is 0 Å². The zero-order valence-corrected chi connectivity index (χ0v) is 46.2. The molecule has 2 fully saturated rings. The monoisotopic (exact) mass is 1230 g/mol. The summed E-state index contributed by atoms with van der Waals surface area (Å²) in [6.45, 7) is 9.77. The molecular formula is C41H62Br4N10O10S2. The summed E-state index contributed by atoms with van der Waals surface area (Å²) >= 11 is 13.6. The average Bonchev–Trinajstić information content (AvgIpc) is 3.29. The predicted octanol–water partition coefficient (Wildman–Crippen LogP) is 4.02. The number of rotatable bonds is 27. The van der Waals surface area contributed by atoms with Crippen LogP contribution in [-0.4, -0.2) is 222 Å². The number of nitrogens with one attached hydrogen (secondary N) is 1. The van der Waals surface area contributed by atoms with Crippen LogP contribution < -0.4 is 15.1 Å². The third kappa shape index (κ3) is 16.5. The van der Waals surface area contributed by atoms with Gasteiger partial charge in [0.15, 0.2) is 19.7 Å². The number of anilines is 2. The number of carbonyl (C=O) groups excluding carboxylic acids is 2. The molecule has 2 aromatic rings. The smallest absolute Gasteiger partial charge is 0.283 e. The van der Waals surface area contributed by atoms with Crippen LogP contribution in [0.15, 0.2) is 34.1 Å². The van der Waals surface area contributed by atoms with Crippen molar-refractivity contribution in [2.75, 3.05) is 168 Å². The number of amides is 2. The van der Waals surface area contributed by atoms with E-state index in [0.29, 0.717) is 99.6 Å². The Morgan fingerprint density at radius 1 is 0.657 bits per heavy atom. The maximum Gasteiger partial charge on any atom is 0.283 e. The number of carbonyl (C=O) groups is 2. The molecule has 1 N–H and O–H groups in total. The minimum Gasteiger partial charge on any atom is -0.369 e. The van der Waals surface area contributed by atoms with Gasteiger partial charge in [0.1, 0.15) is 11.1 Å². The molecule has 2 amide bonds. The van der Waals surface area contributed by atoms with E-state index in [1.54, 1.807) is 11.9 Å². The Kier molecular flexibility index (Phi) is 23.1. The van der Waals surface area contributed by atoms with E-state index in [-0.39, 0.29) is 51.1 Å². The molecule has 0 aliphatic carbocycles. The van der Waals surface area contributed by atoms with E-state index in [0.717, 1.165) is 51.1 Å². The largest absolute Gasteiger partial charge is 0.369 e. The normalized spacial score (nSPS) is 15.6. The van der Waals surface area contributed by atoms with E-state index in [2.05, 4.69) is 90.8 Å². The number of hydrogen-bond donors (Lipinski definition) is 1. The van der Waals surface area contributed by atoms with E-state index < -0.39 is 52.7 Å². The molecular weight excluding hydrogens is 1180 g/mol. The zero-order valence-electron chi connectivity index (χ0n) is 38.2. The summed E-state index contributed by atoms with van der Waals surface area (Å²) in [5.74, 6) is -1.55. The number of nitrogens with zero attached hydrogens (tertiary/aromatic N) is 9. The first-order valence-corrected chi connectivity index (χ1v) is 30.0. The molecule has 26 heteroatoms. The molecule has 2 aromatic carbocycles. The third-order valence-electron chi connectivity index (χ3n) is 11.8. The van der Waals surface area contributed by atoms with Gasteiger partial charge in [-0.05, 0) is 45.1 Å². The Morgan fingerprint density at radius 3 is 1.58 bits per heavy atom. The van der Waals surface area contributed by atoms with Gasteiger partial charge in [0.05, 0.1) is 36.8 Å². The summed E-state index contributed by atoms with van der Waals surface area (Å²) in [5, 5.41) is 29.3. The standard InChI is InChI=1S/C41H62Br4N10O10S2/c1-47-18-20-50(21-19-47)13-5-11-48(2)41(57)33-29-37(53(16-8-44)17-9-45)39(31-35(33)55(60)61)67(64,65)27-26-51-24-22-49(23-25-51)12-4-10-46-40(56)32-28-36(52(14-6-42)15-7-43)38(66(3,62)63)30-34(32)54(58)59/h28-31H,4-27H2,1-3H3,(H,46,56). The lowest BCUT2D eigenvalue weighted by atomic mass is 10.1. The third-order valence-corrected chi connectivity index (χ3v) is 16.1. The summed E-state index contributed by atoms with van der Waals surface area (Å²) in [6.07, 6.45) is 2.16. The molecule has 0 saturated carbocycles. The number of alkyl halides is 4. The van der Waals surface area contributed by atoms with Crippen molar-refractivity contribution in [2.45, 2.75) is 22.6 Å². The van der Waals surface area contributed by atoms with Crippen molar-refractivity contribution in [1.82, 2.24) is 29.8 Å². The molecule has 20 nitrogen and oxygen atoms in total. The fraction of sp³-hybridized carbons (Fsp3) is 0.659. The molecule has 0 atom stereocenters. The zero-order chi connectivity index (χ0) is 49.5. The highest BCUT2D eigenvalue weighted by Gasteiger charge is 2.33. The van der Waals surface area contributed by atoms with E-state index in [9.17, 15) is 46.7 Å². The van der Waals surface area contributed by atoms with Gasteiger partial charge < -0.3 is 34.7 Å². The first-order chi connectivity index (χ1) is 31.8. The first kappa shape index (κ1) is 57.0.